The van der Waals surface area contributed by atoms with E-state index in [1.165, 1.54) is 0 Å². The highest BCUT2D eigenvalue weighted by Gasteiger charge is 1.97. The number of likely N-dealkylation sites (N-methyl/N-ethyl adjacent to an activating group) is 1. The fraction of sp³-hybridized carbons (Fsp3) is 0.250. The van der Waals surface area contributed by atoms with Crippen molar-refractivity contribution in [1.29, 1.82) is 0 Å². The summed E-state index contributed by atoms with van der Waals surface area (Å²) in [4.78, 5) is 14.9. The molecule has 1 rings (SSSR count). The summed E-state index contributed by atoms with van der Waals surface area (Å²) in [5.74, 6) is -0.0521. The van der Waals surface area contributed by atoms with Gasteiger partial charge in [0.1, 0.15) is 0 Å². The fourth-order valence-electron chi connectivity index (χ4n) is 0.801. The first-order valence-electron chi connectivity index (χ1n) is 3.67. The Kier molecular flexibility index (Phi) is 9.76. The third-order valence-corrected chi connectivity index (χ3v) is 1.30. The number of halogens is 2. The van der Waals surface area contributed by atoms with E-state index in [0.29, 0.717) is 6.54 Å². The van der Waals surface area contributed by atoms with Gasteiger partial charge in [-0.3, -0.25) is 9.78 Å². The van der Waals surface area contributed by atoms with Gasteiger partial charge in [0.25, 0.3) is 0 Å². The van der Waals surface area contributed by atoms with Gasteiger partial charge in [-0.2, -0.15) is 0 Å². The minimum Gasteiger partial charge on any atom is -0.325 e. The van der Waals surface area contributed by atoms with E-state index in [4.69, 9.17) is 0 Å². The van der Waals surface area contributed by atoms with Gasteiger partial charge in [-0.1, -0.05) is 0 Å². The molecule has 0 radical (unpaired) electrons. The summed E-state index contributed by atoms with van der Waals surface area (Å²) in [6, 6.07) is 3.49. The van der Waals surface area contributed by atoms with Crippen LogP contribution in [0.25, 0.3) is 0 Å². The normalized spacial score (nSPS) is 8.07. The van der Waals surface area contributed by atoms with Gasteiger partial charge in [-0.15, -0.1) is 24.8 Å². The maximum Gasteiger partial charge on any atom is 0.238 e. The smallest absolute Gasteiger partial charge is 0.238 e. The van der Waals surface area contributed by atoms with Crippen molar-refractivity contribution in [3.63, 3.8) is 0 Å². The second-order valence-corrected chi connectivity index (χ2v) is 2.31. The van der Waals surface area contributed by atoms with E-state index in [0.717, 1.165) is 5.69 Å². The van der Waals surface area contributed by atoms with E-state index in [1.54, 1.807) is 31.6 Å². The number of carbonyl (C=O) groups is 1. The van der Waals surface area contributed by atoms with Gasteiger partial charge in [0.2, 0.25) is 5.91 Å². The van der Waals surface area contributed by atoms with Crippen LogP contribution in [0.5, 0.6) is 0 Å². The molecule has 6 heteroatoms. The van der Waals surface area contributed by atoms with Crippen molar-refractivity contribution < 1.29 is 4.79 Å². The Morgan fingerprint density at radius 3 is 2.43 bits per heavy atom. The highest BCUT2D eigenvalue weighted by Crippen LogP contribution is 2.01. The van der Waals surface area contributed by atoms with Gasteiger partial charge < -0.3 is 10.6 Å². The highest BCUT2D eigenvalue weighted by molar-refractivity contribution is 5.92. The Hall–Kier alpha value is -0.840. The SMILES string of the molecule is CNCC(=O)Nc1ccncc1.Cl.Cl. The number of amides is 1. The molecule has 0 bridgehead atoms. The van der Waals surface area contributed by atoms with Gasteiger partial charge in [-0.25, -0.2) is 0 Å². The van der Waals surface area contributed by atoms with E-state index in [2.05, 4.69) is 15.6 Å². The van der Waals surface area contributed by atoms with Gasteiger partial charge in [0.05, 0.1) is 6.54 Å². The van der Waals surface area contributed by atoms with E-state index in [-0.39, 0.29) is 30.7 Å². The molecule has 0 saturated heterocycles. The van der Waals surface area contributed by atoms with Gasteiger partial charge in [0.15, 0.2) is 0 Å². The molecule has 1 heterocycles. The van der Waals surface area contributed by atoms with Crippen LogP contribution in [0.1, 0.15) is 0 Å². The predicted molar refractivity (Wildman–Crippen MR) is 61.3 cm³/mol. The molecule has 1 amide bonds. The molecule has 0 aliphatic rings. The lowest BCUT2D eigenvalue weighted by Gasteiger charge is -2.02. The van der Waals surface area contributed by atoms with E-state index in [1.807, 2.05) is 0 Å². The fourth-order valence-corrected chi connectivity index (χ4v) is 0.801. The zero-order chi connectivity index (χ0) is 8.81. The first kappa shape index (κ1) is 15.6. The van der Waals surface area contributed by atoms with Crippen molar-refractivity contribution in [3.05, 3.63) is 24.5 Å². The molecule has 0 aliphatic heterocycles. The Morgan fingerprint density at radius 1 is 1.36 bits per heavy atom. The molecule has 0 atom stereocenters. The number of hydrogen-bond acceptors (Lipinski definition) is 3. The van der Waals surface area contributed by atoms with E-state index >= 15 is 0 Å². The number of rotatable bonds is 3. The van der Waals surface area contributed by atoms with Crippen molar-refractivity contribution in [2.75, 3.05) is 18.9 Å². The molecular formula is C8H13Cl2N3O. The van der Waals surface area contributed by atoms with E-state index < -0.39 is 0 Å². The summed E-state index contributed by atoms with van der Waals surface area (Å²) >= 11 is 0. The maximum absolute atomic E-state index is 11.0. The molecule has 0 saturated carbocycles. The molecule has 0 spiro atoms. The van der Waals surface area contributed by atoms with Gasteiger partial charge in [0, 0.05) is 18.1 Å². The van der Waals surface area contributed by atoms with Crippen LogP contribution in [-0.4, -0.2) is 24.5 Å². The van der Waals surface area contributed by atoms with E-state index in [9.17, 15) is 4.79 Å². The van der Waals surface area contributed by atoms with Crippen LogP contribution >= 0.6 is 24.8 Å². The molecule has 0 aromatic carbocycles. The number of nitrogens with zero attached hydrogens (tertiary/aromatic N) is 1. The molecule has 1 aromatic rings. The second kappa shape index (κ2) is 8.74. The number of nitrogens with one attached hydrogen (secondary N) is 2. The zero-order valence-electron chi connectivity index (χ0n) is 7.69. The van der Waals surface area contributed by atoms with Crippen LogP contribution < -0.4 is 10.6 Å². The summed E-state index contributed by atoms with van der Waals surface area (Å²) in [6.07, 6.45) is 3.27. The average Bonchev–Trinajstić information content (AvgIpc) is 2.06. The van der Waals surface area contributed by atoms with Crippen molar-refractivity contribution in [2.24, 2.45) is 0 Å². The third kappa shape index (κ3) is 5.75. The number of hydrogen-bond donors (Lipinski definition) is 2. The average molecular weight is 238 g/mol. The van der Waals surface area contributed by atoms with Crippen LogP contribution in [0.2, 0.25) is 0 Å². The molecule has 80 valence electrons. The van der Waals surface area contributed by atoms with Crippen molar-refractivity contribution in [1.82, 2.24) is 10.3 Å². The third-order valence-electron chi connectivity index (χ3n) is 1.30. The molecule has 0 unspecified atom stereocenters. The Bertz CT molecular complexity index is 256. The summed E-state index contributed by atoms with van der Waals surface area (Å²) in [5.41, 5.74) is 0.769. The number of pyridine rings is 1. The standard InChI is InChI=1S/C8H11N3O.2ClH/c1-9-6-8(12)11-7-2-4-10-5-3-7;;/h2-5,9H,6H2,1H3,(H,10,11,12);2*1H. The van der Waals surface area contributed by atoms with Crippen LogP contribution in [0.3, 0.4) is 0 Å². The number of anilines is 1. The minimum atomic E-state index is -0.0521. The Morgan fingerprint density at radius 2 is 1.93 bits per heavy atom. The first-order valence-corrected chi connectivity index (χ1v) is 3.67. The lowest BCUT2D eigenvalue weighted by atomic mass is 10.4. The topological polar surface area (TPSA) is 54.0 Å². The number of carbonyl (C=O) groups excluding carboxylic acids is 1. The van der Waals surface area contributed by atoms with Crippen molar-refractivity contribution in [2.45, 2.75) is 0 Å². The summed E-state index contributed by atoms with van der Waals surface area (Å²) in [5, 5.41) is 5.46. The molecule has 1 aromatic heterocycles. The predicted octanol–water partition coefficient (Wildman–Crippen LogP) is 1.08. The molecule has 14 heavy (non-hydrogen) atoms. The summed E-state index contributed by atoms with van der Waals surface area (Å²) < 4.78 is 0. The van der Waals surface area contributed by atoms with Gasteiger partial charge >= 0.3 is 0 Å². The minimum absolute atomic E-state index is 0. The molecule has 0 fully saturated rings. The quantitative estimate of drug-likeness (QED) is 0.828. The monoisotopic (exact) mass is 237 g/mol. The molecule has 4 nitrogen and oxygen atoms in total. The summed E-state index contributed by atoms with van der Waals surface area (Å²) in [6.45, 7) is 0.322. The number of aromatic nitrogens is 1. The van der Waals surface area contributed by atoms with Crippen molar-refractivity contribution in [3.8, 4) is 0 Å². The van der Waals surface area contributed by atoms with Crippen LogP contribution in [0.4, 0.5) is 5.69 Å². The lowest BCUT2D eigenvalue weighted by molar-refractivity contribution is -0.115. The van der Waals surface area contributed by atoms with Crippen LogP contribution in [0, 0.1) is 0 Å². The van der Waals surface area contributed by atoms with Crippen LogP contribution in [0.15, 0.2) is 24.5 Å². The highest BCUT2D eigenvalue weighted by atomic mass is 35.5. The largest absolute Gasteiger partial charge is 0.325 e. The van der Waals surface area contributed by atoms with Crippen molar-refractivity contribution >= 4 is 36.4 Å². The second-order valence-electron chi connectivity index (χ2n) is 2.31. The molecular weight excluding hydrogens is 225 g/mol. The lowest BCUT2D eigenvalue weighted by Crippen LogP contribution is -2.24. The zero-order valence-corrected chi connectivity index (χ0v) is 9.32. The molecule has 2 N–H and O–H groups in total. The Labute approximate surface area is 95.3 Å². The first-order chi connectivity index (χ1) is 5.83. The summed E-state index contributed by atoms with van der Waals surface area (Å²) in [7, 11) is 1.73. The van der Waals surface area contributed by atoms with Gasteiger partial charge in [-0.05, 0) is 19.2 Å². The van der Waals surface area contributed by atoms with Crippen LogP contribution in [-0.2, 0) is 4.79 Å². The molecule has 0 aliphatic carbocycles. The Balaban J connectivity index is 0. The maximum atomic E-state index is 11.0.